The number of halogens is 2. The van der Waals surface area contributed by atoms with Crippen molar-refractivity contribution in [3.05, 3.63) is 94.4 Å². The monoisotopic (exact) mass is 496 g/mol. The van der Waals surface area contributed by atoms with E-state index in [4.69, 9.17) is 21.1 Å². The standard InChI is InChI=1S/C27H26ClFN2O4/c1-2-34-25-12-19(22(28)13-26(25)35-16-17-7-9-20(29)10-8-17)15-31-24(27(32)33)11-18-14-30-23-6-4-3-5-21(18)23/h3-10,12-14,24,30-31H,2,11,15-16H2,1H3,(H,32,33). The summed E-state index contributed by atoms with van der Waals surface area (Å²) < 4.78 is 24.8. The van der Waals surface area contributed by atoms with E-state index in [1.54, 1.807) is 24.3 Å². The van der Waals surface area contributed by atoms with Gasteiger partial charge in [0, 0.05) is 41.2 Å². The van der Waals surface area contributed by atoms with Crippen molar-refractivity contribution in [2.45, 2.75) is 32.5 Å². The van der Waals surface area contributed by atoms with Crippen molar-refractivity contribution in [2.24, 2.45) is 0 Å². The topological polar surface area (TPSA) is 83.6 Å². The SMILES string of the molecule is CCOc1cc(CNC(Cc2c[nH]c3ccccc23)C(=O)O)c(Cl)cc1OCc1ccc(F)cc1. The van der Waals surface area contributed by atoms with Gasteiger partial charge in [0.2, 0.25) is 0 Å². The van der Waals surface area contributed by atoms with Gasteiger partial charge in [-0.05, 0) is 47.9 Å². The number of benzene rings is 3. The second-order valence-electron chi connectivity index (χ2n) is 8.07. The highest BCUT2D eigenvalue weighted by molar-refractivity contribution is 6.31. The number of carbonyl (C=O) groups is 1. The summed E-state index contributed by atoms with van der Waals surface area (Å²) in [6, 6.07) is 16.4. The first-order valence-corrected chi connectivity index (χ1v) is 11.7. The van der Waals surface area contributed by atoms with Crippen molar-refractivity contribution < 1.29 is 23.8 Å². The number of para-hydroxylation sites is 1. The summed E-state index contributed by atoms with van der Waals surface area (Å²) in [7, 11) is 0. The number of aliphatic carboxylic acids is 1. The second kappa shape index (κ2) is 11.3. The molecule has 35 heavy (non-hydrogen) atoms. The number of aromatic nitrogens is 1. The smallest absolute Gasteiger partial charge is 0.321 e. The average Bonchev–Trinajstić information content (AvgIpc) is 3.26. The maximum Gasteiger partial charge on any atom is 0.321 e. The number of nitrogens with one attached hydrogen (secondary N) is 2. The zero-order valence-electron chi connectivity index (χ0n) is 19.2. The first kappa shape index (κ1) is 24.6. The minimum atomic E-state index is -0.948. The maximum absolute atomic E-state index is 13.1. The molecule has 3 N–H and O–H groups in total. The Balaban J connectivity index is 1.47. The normalized spacial score (nSPS) is 12.0. The van der Waals surface area contributed by atoms with E-state index in [1.165, 1.54) is 12.1 Å². The van der Waals surface area contributed by atoms with Crippen LogP contribution in [0.1, 0.15) is 23.6 Å². The lowest BCUT2D eigenvalue weighted by Gasteiger charge is -2.18. The minimum absolute atomic E-state index is 0.222. The number of aromatic amines is 1. The van der Waals surface area contributed by atoms with E-state index >= 15 is 0 Å². The van der Waals surface area contributed by atoms with Crippen LogP contribution in [-0.2, 0) is 24.4 Å². The van der Waals surface area contributed by atoms with Crippen molar-refractivity contribution in [1.29, 1.82) is 0 Å². The van der Waals surface area contributed by atoms with Crippen LogP contribution in [0.3, 0.4) is 0 Å². The van der Waals surface area contributed by atoms with Crippen molar-refractivity contribution in [3.8, 4) is 11.5 Å². The first-order valence-electron chi connectivity index (χ1n) is 11.3. The number of carboxylic acid groups (broad SMARTS) is 1. The van der Waals surface area contributed by atoms with Gasteiger partial charge < -0.3 is 19.6 Å². The van der Waals surface area contributed by atoms with E-state index in [0.29, 0.717) is 35.1 Å². The molecule has 1 atom stereocenters. The van der Waals surface area contributed by atoms with Gasteiger partial charge in [-0.2, -0.15) is 0 Å². The van der Waals surface area contributed by atoms with Crippen LogP contribution in [-0.4, -0.2) is 28.7 Å². The summed E-state index contributed by atoms with van der Waals surface area (Å²) in [6.45, 7) is 2.73. The number of H-pyrrole nitrogens is 1. The van der Waals surface area contributed by atoms with Gasteiger partial charge in [0.05, 0.1) is 6.61 Å². The molecule has 6 nitrogen and oxygen atoms in total. The Morgan fingerprint density at radius 1 is 1.09 bits per heavy atom. The first-order chi connectivity index (χ1) is 16.9. The highest BCUT2D eigenvalue weighted by Gasteiger charge is 2.20. The number of carboxylic acids is 1. The fourth-order valence-electron chi connectivity index (χ4n) is 3.84. The van der Waals surface area contributed by atoms with Gasteiger partial charge >= 0.3 is 5.97 Å². The van der Waals surface area contributed by atoms with E-state index in [9.17, 15) is 14.3 Å². The van der Waals surface area contributed by atoms with E-state index in [0.717, 1.165) is 22.0 Å². The van der Waals surface area contributed by atoms with Gasteiger partial charge in [-0.1, -0.05) is 41.9 Å². The van der Waals surface area contributed by atoms with Crippen LogP contribution in [0.25, 0.3) is 10.9 Å². The summed E-state index contributed by atoms with van der Waals surface area (Å²) >= 11 is 6.51. The Labute approximate surface area is 207 Å². The largest absolute Gasteiger partial charge is 0.490 e. The minimum Gasteiger partial charge on any atom is -0.490 e. The Morgan fingerprint density at radius 3 is 2.57 bits per heavy atom. The third-order valence-corrected chi connectivity index (χ3v) is 6.01. The van der Waals surface area contributed by atoms with E-state index in [2.05, 4.69) is 10.3 Å². The molecule has 0 aliphatic rings. The molecule has 3 aromatic carbocycles. The molecule has 0 amide bonds. The molecule has 0 aliphatic heterocycles. The lowest BCUT2D eigenvalue weighted by Crippen LogP contribution is -2.38. The third-order valence-electron chi connectivity index (χ3n) is 5.66. The van der Waals surface area contributed by atoms with Crippen molar-refractivity contribution >= 4 is 28.5 Å². The summed E-state index contributed by atoms with van der Waals surface area (Å²) in [6.07, 6.45) is 2.16. The van der Waals surface area contributed by atoms with Crippen LogP contribution in [0.4, 0.5) is 4.39 Å². The number of hydrogen-bond donors (Lipinski definition) is 3. The van der Waals surface area contributed by atoms with Crippen LogP contribution in [0, 0.1) is 5.82 Å². The Bertz CT molecular complexity index is 1310. The molecule has 1 unspecified atom stereocenters. The van der Waals surface area contributed by atoms with Gasteiger partial charge in [-0.25, -0.2) is 4.39 Å². The number of rotatable bonds is 11. The number of hydrogen-bond acceptors (Lipinski definition) is 4. The Hall–Kier alpha value is -3.55. The molecule has 1 heterocycles. The van der Waals surface area contributed by atoms with Crippen molar-refractivity contribution in [3.63, 3.8) is 0 Å². The highest BCUT2D eigenvalue weighted by Crippen LogP contribution is 2.34. The Morgan fingerprint density at radius 2 is 1.83 bits per heavy atom. The van der Waals surface area contributed by atoms with Crippen molar-refractivity contribution in [2.75, 3.05) is 6.61 Å². The van der Waals surface area contributed by atoms with Crippen LogP contribution < -0.4 is 14.8 Å². The molecule has 0 spiro atoms. The predicted molar refractivity (Wildman–Crippen MR) is 134 cm³/mol. The fourth-order valence-corrected chi connectivity index (χ4v) is 4.06. The molecular formula is C27H26ClFN2O4. The van der Waals surface area contributed by atoms with Gasteiger partial charge in [-0.3, -0.25) is 10.1 Å². The zero-order chi connectivity index (χ0) is 24.8. The van der Waals surface area contributed by atoms with Gasteiger partial charge in [-0.15, -0.1) is 0 Å². The summed E-state index contributed by atoms with van der Waals surface area (Å²) in [5.74, 6) is -0.304. The fraction of sp³-hybridized carbons (Fsp3) is 0.222. The van der Waals surface area contributed by atoms with Gasteiger partial charge in [0.1, 0.15) is 18.5 Å². The van der Waals surface area contributed by atoms with E-state index in [1.807, 2.05) is 37.4 Å². The second-order valence-corrected chi connectivity index (χ2v) is 8.48. The Kier molecular flexibility index (Phi) is 7.90. The molecule has 0 saturated heterocycles. The molecule has 0 fully saturated rings. The average molecular weight is 497 g/mol. The quantitative estimate of drug-likeness (QED) is 0.247. The lowest BCUT2D eigenvalue weighted by molar-refractivity contribution is -0.139. The van der Waals surface area contributed by atoms with E-state index in [-0.39, 0.29) is 19.0 Å². The van der Waals surface area contributed by atoms with Crippen molar-refractivity contribution in [1.82, 2.24) is 10.3 Å². The molecule has 0 saturated carbocycles. The van der Waals surface area contributed by atoms with Crippen LogP contribution in [0.2, 0.25) is 5.02 Å². The molecule has 8 heteroatoms. The van der Waals surface area contributed by atoms with Crippen LogP contribution in [0.5, 0.6) is 11.5 Å². The predicted octanol–water partition coefficient (Wildman–Crippen LogP) is 5.72. The summed E-state index contributed by atoms with van der Waals surface area (Å²) in [4.78, 5) is 15.1. The molecule has 0 aliphatic carbocycles. The highest BCUT2D eigenvalue weighted by atomic mass is 35.5. The number of ether oxygens (including phenoxy) is 2. The zero-order valence-corrected chi connectivity index (χ0v) is 19.9. The molecule has 1 aromatic heterocycles. The molecule has 0 radical (unpaired) electrons. The molecule has 4 rings (SSSR count). The van der Waals surface area contributed by atoms with Crippen LogP contribution in [0.15, 0.2) is 66.9 Å². The summed E-state index contributed by atoms with van der Waals surface area (Å²) in [5, 5.41) is 14.3. The third kappa shape index (κ3) is 6.12. The molecular weight excluding hydrogens is 471 g/mol. The van der Waals surface area contributed by atoms with Gasteiger partial charge in [0.15, 0.2) is 11.5 Å². The molecule has 182 valence electrons. The lowest BCUT2D eigenvalue weighted by atomic mass is 10.0. The van der Waals surface area contributed by atoms with Gasteiger partial charge in [0.25, 0.3) is 0 Å². The van der Waals surface area contributed by atoms with E-state index < -0.39 is 12.0 Å². The number of fused-ring (bicyclic) bond motifs is 1. The van der Waals surface area contributed by atoms with Crippen LogP contribution >= 0.6 is 11.6 Å². The molecule has 4 aromatic rings. The molecule has 0 bridgehead atoms. The maximum atomic E-state index is 13.1. The summed E-state index contributed by atoms with van der Waals surface area (Å²) in [5.41, 5.74) is 3.38.